The zero-order chi connectivity index (χ0) is 19.6. The van der Waals surface area contributed by atoms with Gasteiger partial charge in [-0.15, -0.1) is 0 Å². The molecule has 0 aliphatic rings. The number of carbonyl (C=O) groups is 1. The minimum absolute atomic E-state index is 0.189. The van der Waals surface area contributed by atoms with Crippen molar-refractivity contribution >= 4 is 28.8 Å². The number of alkyl halides is 3. The molecule has 0 unspecified atom stereocenters. The van der Waals surface area contributed by atoms with E-state index in [1.54, 1.807) is 12.1 Å². The van der Waals surface area contributed by atoms with Crippen molar-refractivity contribution in [2.45, 2.75) is 6.18 Å². The Morgan fingerprint density at radius 1 is 1.22 bits per heavy atom. The summed E-state index contributed by atoms with van der Waals surface area (Å²) in [4.78, 5) is 32.6. The maximum Gasteiger partial charge on any atom is 0.416 e. The van der Waals surface area contributed by atoms with E-state index in [2.05, 4.69) is 15.3 Å². The number of hydrogen-bond donors (Lipinski definition) is 1. The largest absolute Gasteiger partial charge is 0.416 e. The van der Waals surface area contributed by atoms with E-state index in [4.69, 9.17) is 0 Å². The average molecular weight is 374 g/mol. The first-order valence-corrected chi connectivity index (χ1v) is 7.71. The number of aryl methyl sites for hydroxylation is 1. The number of aromatic nitrogens is 2. The maximum atomic E-state index is 12.9. The Labute approximate surface area is 151 Å². The van der Waals surface area contributed by atoms with Gasteiger partial charge in [-0.25, -0.2) is 4.99 Å². The van der Waals surface area contributed by atoms with E-state index >= 15 is 0 Å². The molecular weight excluding hydrogens is 361 g/mol. The van der Waals surface area contributed by atoms with Crippen LogP contribution in [0.1, 0.15) is 15.9 Å². The highest BCUT2D eigenvalue weighted by Gasteiger charge is 2.31. The standard InChI is InChI=1S/C18H13F3N4O2/c1-25-9-14(17(27)24-10-23-12-4-6-22-7-5-12)16(26)13-8-11(18(19,20)21)2-3-15(13)25/h2-10H,1H3,(H,22,23,24,27). The van der Waals surface area contributed by atoms with Crippen LogP contribution in [0.15, 0.2) is 58.7 Å². The van der Waals surface area contributed by atoms with Crippen molar-refractivity contribution in [2.75, 3.05) is 0 Å². The monoisotopic (exact) mass is 374 g/mol. The van der Waals surface area contributed by atoms with E-state index in [0.717, 1.165) is 18.5 Å². The minimum atomic E-state index is -4.59. The number of nitrogens with one attached hydrogen (secondary N) is 1. The van der Waals surface area contributed by atoms with Gasteiger partial charge in [0, 0.05) is 31.0 Å². The lowest BCUT2D eigenvalue weighted by molar-refractivity contribution is -0.137. The molecule has 1 amide bonds. The second-order valence-electron chi connectivity index (χ2n) is 5.65. The van der Waals surface area contributed by atoms with Crippen LogP contribution in [-0.2, 0) is 13.2 Å². The fourth-order valence-corrected chi connectivity index (χ4v) is 2.50. The highest BCUT2D eigenvalue weighted by atomic mass is 19.4. The van der Waals surface area contributed by atoms with Gasteiger partial charge >= 0.3 is 6.18 Å². The van der Waals surface area contributed by atoms with Gasteiger partial charge in [0.05, 0.1) is 23.1 Å². The maximum absolute atomic E-state index is 12.9. The number of amides is 1. The molecule has 0 fully saturated rings. The molecule has 0 saturated carbocycles. The first kappa shape index (κ1) is 18.3. The number of halogens is 3. The fraction of sp³-hybridized carbons (Fsp3) is 0.111. The number of carbonyl (C=O) groups excluding carboxylic acids is 1. The Bertz CT molecular complexity index is 1090. The summed E-state index contributed by atoms with van der Waals surface area (Å²) in [5.41, 5.74) is -1.21. The van der Waals surface area contributed by atoms with Gasteiger partial charge in [0.15, 0.2) is 0 Å². The third kappa shape index (κ3) is 3.86. The Morgan fingerprint density at radius 3 is 2.59 bits per heavy atom. The summed E-state index contributed by atoms with van der Waals surface area (Å²) in [7, 11) is 1.54. The lowest BCUT2D eigenvalue weighted by atomic mass is 10.1. The first-order valence-electron chi connectivity index (χ1n) is 7.71. The highest BCUT2D eigenvalue weighted by molar-refractivity contribution is 6.02. The first-order chi connectivity index (χ1) is 12.8. The van der Waals surface area contributed by atoms with Gasteiger partial charge in [-0.3, -0.25) is 14.6 Å². The van der Waals surface area contributed by atoms with Crippen molar-refractivity contribution in [2.24, 2.45) is 12.0 Å². The summed E-state index contributed by atoms with van der Waals surface area (Å²) < 4.78 is 40.2. The number of nitrogens with zero attached hydrogens (tertiary/aromatic N) is 3. The zero-order valence-corrected chi connectivity index (χ0v) is 14.0. The smallest absolute Gasteiger partial charge is 0.350 e. The predicted molar refractivity (Wildman–Crippen MR) is 94.0 cm³/mol. The number of hydrogen-bond acceptors (Lipinski definition) is 4. The summed E-state index contributed by atoms with van der Waals surface area (Å²) in [5, 5.41) is 2.15. The van der Waals surface area contributed by atoms with Crippen molar-refractivity contribution in [3.05, 3.63) is 70.3 Å². The van der Waals surface area contributed by atoms with Crippen LogP contribution in [-0.4, -0.2) is 21.8 Å². The van der Waals surface area contributed by atoms with Gasteiger partial charge in [0.25, 0.3) is 5.91 Å². The molecule has 138 valence electrons. The minimum Gasteiger partial charge on any atom is -0.350 e. The van der Waals surface area contributed by atoms with Crippen LogP contribution in [0.2, 0.25) is 0 Å². The van der Waals surface area contributed by atoms with Crippen LogP contribution in [0.4, 0.5) is 18.9 Å². The summed E-state index contributed by atoms with van der Waals surface area (Å²) in [6, 6.07) is 6.06. The molecule has 3 rings (SSSR count). The quantitative estimate of drug-likeness (QED) is 0.566. The van der Waals surface area contributed by atoms with Gasteiger partial charge in [0.1, 0.15) is 5.56 Å². The molecule has 0 aliphatic heterocycles. The van der Waals surface area contributed by atoms with Crippen LogP contribution in [0.3, 0.4) is 0 Å². The van der Waals surface area contributed by atoms with Crippen LogP contribution in [0.5, 0.6) is 0 Å². The normalized spacial score (nSPS) is 11.9. The van der Waals surface area contributed by atoms with Gasteiger partial charge in [-0.1, -0.05) is 0 Å². The van der Waals surface area contributed by atoms with Crippen LogP contribution in [0, 0.1) is 0 Å². The third-order valence-electron chi connectivity index (χ3n) is 3.83. The van der Waals surface area contributed by atoms with Crippen molar-refractivity contribution in [3.63, 3.8) is 0 Å². The molecule has 2 heterocycles. The highest BCUT2D eigenvalue weighted by Crippen LogP contribution is 2.30. The summed E-state index contributed by atoms with van der Waals surface area (Å²) in [5.74, 6) is -0.771. The van der Waals surface area contributed by atoms with E-state index in [0.29, 0.717) is 5.69 Å². The number of aliphatic imine (C=N–C) groups is 1. The molecular formula is C18H13F3N4O2. The summed E-state index contributed by atoms with van der Waals surface area (Å²) >= 11 is 0. The van der Waals surface area contributed by atoms with Gasteiger partial charge in [0.2, 0.25) is 5.43 Å². The molecule has 0 bridgehead atoms. The fourth-order valence-electron chi connectivity index (χ4n) is 2.50. The molecule has 9 heteroatoms. The van der Waals surface area contributed by atoms with Crippen molar-refractivity contribution in [3.8, 4) is 0 Å². The van der Waals surface area contributed by atoms with E-state index < -0.39 is 23.1 Å². The third-order valence-corrected chi connectivity index (χ3v) is 3.83. The van der Waals surface area contributed by atoms with E-state index in [1.807, 2.05) is 0 Å². The average Bonchev–Trinajstić information content (AvgIpc) is 2.64. The van der Waals surface area contributed by atoms with Gasteiger partial charge < -0.3 is 9.88 Å². The Balaban J connectivity index is 1.96. The predicted octanol–water partition coefficient (Wildman–Crippen LogP) is 3.04. The second-order valence-corrected chi connectivity index (χ2v) is 5.65. The molecule has 0 saturated heterocycles. The topological polar surface area (TPSA) is 76.3 Å². The molecule has 0 atom stereocenters. The molecule has 0 aliphatic carbocycles. The number of rotatable bonds is 3. The Hall–Kier alpha value is -3.49. The van der Waals surface area contributed by atoms with Crippen LogP contribution in [0.25, 0.3) is 10.9 Å². The summed E-state index contributed by atoms with van der Waals surface area (Å²) in [6.45, 7) is 0. The zero-order valence-electron chi connectivity index (χ0n) is 14.0. The van der Waals surface area contributed by atoms with Crippen molar-refractivity contribution in [1.82, 2.24) is 14.9 Å². The molecule has 6 nitrogen and oxygen atoms in total. The molecule has 0 radical (unpaired) electrons. The molecule has 1 aromatic carbocycles. The lowest BCUT2D eigenvalue weighted by Crippen LogP contribution is -2.28. The van der Waals surface area contributed by atoms with E-state index in [9.17, 15) is 22.8 Å². The van der Waals surface area contributed by atoms with Crippen molar-refractivity contribution in [1.29, 1.82) is 0 Å². The summed E-state index contributed by atoms with van der Waals surface area (Å²) in [6.07, 6.45) is 0.827. The van der Waals surface area contributed by atoms with Gasteiger partial charge in [-0.2, -0.15) is 13.2 Å². The Kier molecular flexibility index (Phi) is 4.76. The molecule has 3 aromatic rings. The van der Waals surface area contributed by atoms with E-state index in [-0.39, 0.29) is 16.5 Å². The van der Waals surface area contributed by atoms with Crippen molar-refractivity contribution < 1.29 is 18.0 Å². The van der Waals surface area contributed by atoms with Crippen LogP contribution < -0.4 is 10.7 Å². The van der Waals surface area contributed by atoms with Crippen LogP contribution >= 0.6 is 0 Å². The molecule has 27 heavy (non-hydrogen) atoms. The molecule has 0 spiro atoms. The number of benzene rings is 1. The molecule has 1 N–H and O–H groups in total. The number of pyridine rings is 2. The SMILES string of the molecule is Cn1cc(C(=O)NC=Nc2ccncc2)c(=O)c2cc(C(F)(F)F)ccc21. The van der Waals surface area contributed by atoms with E-state index in [1.165, 1.54) is 36.3 Å². The lowest BCUT2D eigenvalue weighted by Gasteiger charge is -2.11. The van der Waals surface area contributed by atoms with Gasteiger partial charge in [-0.05, 0) is 30.3 Å². The Morgan fingerprint density at radius 2 is 1.93 bits per heavy atom. The number of fused-ring (bicyclic) bond motifs is 1. The second kappa shape index (κ2) is 7.02. The molecule has 2 aromatic heterocycles.